The van der Waals surface area contributed by atoms with Crippen LogP contribution in [0.3, 0.4) is 0 Å². The molecular formula is C25H27ClN4O6. The number of allylic oxidation sites excluding steroid dienone is 1. The quantitative estimate of drug-likeness (QED) is 0.268. The van der Waals surface area contributed by atoms with Gasteiger partial charge < -0.3 is 15.4 Å². The monoisotopic (exact) mass is 514 g/mol. The van der Waals surface area contributed by atoms with E-state index in [1.165, 1.54) is 17.0 Å². The van der Waals surface area contributed by atoms with Crippen molar-refractivity contribution in [3.8, 4) is 0 Å². The summed E-state index contributed by atoms with van der Waals surface area (Å²) in [5.41, 5.74) is 1.43. The number of nitrogens with zero attached hydrogens (tertiary/aromatic N) is 2. The fourth-order valence-electron chi connectivity index (χ4n) is 3.88. The number of amides is 3. The van der Waals surface area contributed by atoms with Gasteiger partial charge in [0.05, 0.1) is 23.1 Å². The fourth-order valence-corrected chi connectivity index (χ4v) is 4.07. The molecule has 0 fully saturated rings. The molecule has 190 valence electrons. The second-order valence-electron chi connectivity index (χ2n) is 8.11. The van der Waals surface area contributed by atoms with Crippen LogP contribution < -0.4 is 10.6 Å². The first kappa shape index (κ1) is 26.7. The molecular weight excluding hydrogens is 488 g/mol. The van der Waals surface area contributed by atoms with Gasteiger partial charge >= 0.3 is 12.0 Å². The van der Waals surface area contributed by atoms with Crippen LogP contribution >= 0.6 is 11.6 Å². The number of unbranched alkanes of at least 4 members (excludes halogenated alkanes) is 1. The maximum absolute atomic E-state index is 12.9. The summed E-state index contributed by atoms with van der Waals surface area (Å²) in [5.74, 6) is -1.12. The Morgan fingerprint density at radius 1 is 1.22 bits per heavy atom. The van der Waals surface area contributed by atoms with Crippen molar-refractivity contribution in [1.29, 1.82) is 0 Å². The van der Waals surface area contributed by atoms with E-state index in [2.05, 4.69) is 10.6 Å². The summed E-state index contributed by atoms with van der Waals surface area (Å²) < 4.78 is 5.27. The maximum Gasteiger partial charge on any atom is 0.338 e. The standard InChI is InChI=1S/C25H27ClN4O6/c1-4-6-12-29-15(3)21(24(32)36-5-2)22(28-25(29)33)16-8-7-9-18(13-16)27-23(31)17-10-11-19(26)20(14-17)30(34)35/h7-11,13-14,22H,4-6,12H2,1-3H3,(H,27,31)(H,28,33). The van der Waals surface area contributed by atoms with Crippen molar-refractivity contribution < 1.29 is 24.0 Å². The molecule has 2 N–H and O–H groups in total. The Kier molecular flexibility index (Phi) is 8.65. The summed E-state index contributed by atoms with van der Waals surface area (Å²) in [5, 5.41) is 16.6. The minimum Gasteiger partial charge on any atom is -0.463 e. The Morgan fingerprint density at radius 3 is 2.64 bits per heavy atom. The fraction of sp³-hybridized carbons (Fsp3) is 0.320. The summed E-state index contributed by atoms with van der Waals surface area (Å²) in [6.07, 6.45) is 1.66. The third kappa shape index (κ3) is 5.83. The molecule has 0 aromatic heterocycles. The smallest absolute Gasteiger partial charge is 0.338 e. The average molecular weight is 515 g/mol. The van der Waals surface area contributed by atoms with Crippen LogP contribution in [-0.4, -0.2) is 40.9 Å². The minimum absolute atomic E-state index is 0.0528. The minimum atomic E-state index is -0.789. The van der Waals surface area contributed by atoms with E-state index in [0.29, 0.717) is 29.1 Å². The molecule has 11 heteroatoms. The molecule has 3 amide bonds. The van der Waals surface area contributed by atoms with Gasteiger partial charge in [0, 0.05) is 29.6 Å². The average Bonchev–Trinajstić information content (AvgIpc) is 2.83. The predicted molar refractivity (Wildman–Crippen MR) is 135 cm³/mol. The SMILES string of the molecule is CCCCN1C(=O)NC(c2cccc(NC(=O)c3ccc(Cl)c([N+](=O)[O-])c3)c2)C(C(=O)OCC)=C1C. The molecule has 2 aromatic rings. The highest BCUT2D eigenvalue weighted by Crippen LogP contribution is 2.33. The van der Waals surface area contributed by atoms with Crippen molar-refractivity contribution in [1.82, 2.24) is 10.2 Å². The number of carbonyl (C=O) groups is 3. The lowest BCUT2D eigenvalue weighted by atomic mass is 9.94. The summed E-state index contributed by atoms with van der Waals surface area (Å²) in [7, 11) is 0. The number of nitro benzene ring substituents is 1. The number of rotatable bonds is 9. The van der Waals surface area contributed by atoms with Crippen LogP contribution in [0.2, 0.25) is 5.02 Å². The van der Waals surface area contributed by atoms with Gasteiger partial charge in [-0.1, -0.05) is 37.1 Å². The van der Waals surface area contributed by atoms with E-state index in [1.54, 1.807) is 38.1 Å². The molecule has 2 aromatic carbocycles. The van der Waals surface area contributed by atoms with Crippen LogP contribution in [0.15, 0.2) is 53.7 Å². The topological polar surface area (TPSA) is 131 Å². The van der Waals surface area contributed by atoms with E-state index in [-0.39, 0.29) is 28.9 Å². The molecule has 3 rings (SSSR count). The molecule has 1 aliphatic rings. The van der Waals surface area contributed by atoms with Crippen molar-refractivity contribution in [2.75, 3.05) is 18.5 Å². The highest BCUT2D eigenvalue weighted by Gasteiger charge is 2.36. The lowest BCUT2D eigenvalue weighted by molar-refractivity contribution is -0.384. The molecule has 1 aliphatic heterocycles. The van der Waals surface area contributed by atoms with Gasteiger partial charge in [-0.05, 0) is 50.1 Å². The molecule has 36 heavy (non-hydrogen) atoms. The van der Waals surface area contributed by atoms with Crippen molar-refractivity contribution in [3.05, 3.63) is 80.0 Å². The number of halogens is 1. The Bertz CT molecular complexity index is 1230. The molecule has 0 radical (unpaired) electrons. The van der Waals surface area contributed by atoms with Gasteiger partial charge in [0.15, 0.2) is 0 Å². The lowest BCUT2D eigenvalue weighted by Gasteiger charge is -2.35. The lowest BCUT2D eigenvalue weighted by Crippen LogP contribution is -2.48. The zero-order valence-electron chi connectivity index (χ0n) is 20.2. The number of benzene rings is 2. The van der Waals surface area contributed by atoms with E-state index in [4.69, 9.17) is 16.3 Å². The first-order chi connectivity index (χ1) is 17.2. The molecule has 1 heterocycles. The van der Waals surface area contributed by atoms with Gasteiger partial charge in [0.25, 0.3) is 11.6 Å². The number of carbonyl (C=O) groups excluding carboxylic acids is 3. The van der Waals surface area contributed by atoms with E-state index in [1.807, 2.05) is 6.92 Å². The zero-order valence-corrected chi connectivity index (χ0v) is 20.9. The van der Waals surface area contributed by atoms with Gasteiger partial charge in [-0.25, -0.2) is 9.59 Å². The third-order valence-electron chi connectivity index (χ3n) is 5.71. The second-order valence-corrected chi connectivity index (χ2v) is 8.52. The zero-order chi connectivity index (χ0) is 26.4. The maximum atomic E-state index is 12.9. The van der Waals surface area contributed by atoms with Gasteiger partial charge in [-0.15, -0.1) is 0 Å². The van der Waals surface area contributed by atoms with Gasteiger partial charge in [-0.3, -0.25) is 19.8 Å². The van der Waals surface area contributed by atoms with E-state index < -0.39 is 22.8 Å². The predicted octanol–water partition coefficient (Wildman–Crippen LogP) is 5.20. The molecule has 1 unspecified atom stereocenters. The number of hydrogen-bond donors (Lipinski definition) is 2. The number of esters is 1. The van der Waals surface area contributed by atoms with Crippen LogP contribution in [0.25, 0.3) is 0 Å². The number of urea groups is 1. The van der Waals surface area contributed by atoms with Crippen molar-refractivity contribution >= 4 is 40.9 Å². The summed E-state index contributed by atoms with van der Waals surface area (Å²) in [6.45, 7) is 6.07. The Morgan fingerprint density at radius 2 is 1.97 bits per heavy atom. The largest absolute Gasteiger partial charge is 0.463 e. The Hall–Kier alpha value is -3.92. The highest BCUT2D eigenvalue weighted by atomic mass is 35.5. The van der Waals surface area contributed by atoms with Crippen LogP contribution in [0.5, 0.6) is 0 Å². The molecule has 0 aliphatic carbocycles. The Balaban J connectivity index is 1.93. The molecule has 10 nitrogen and oxygen atoms in total. The summed E-state index contributed by atoms with van der Waals surface area (Å²) in [4.78, 5) is 50.5. The van der Waals surface area contributed by atoms with Crippen LogP contribution in [0.4, 0.5) is 16.2 Å². The highest BCUT2D eigenvalue weighted by molar-refractivity contribution is 6.32. The molecule has 0 bridgehead atoms. The van der Waals surface area contributed by atoms with Gasteiger partial charge in [0.1, 0.15) is 5.02 Å². The molecule has 0 saturated heterocycles. The third-order valence-corrected chi connectivity index (χ3v) is 6.03. The van der Waals surface area contributed by atoms with Gasteiger partial charge in [0.2, 0.25) is 0 Å². The van der Waals surface area contributed by atoms with Crippen molar-refractivity contribution in [2.24, 2.45) is 0 Å². The Labute approximate surface area is 213 Å². The van der Waals surface area contributed by atoms with Gasteiger partial charge in [-0.2, -0.15) is 0 Å². The van der Waals surface area contributed by atoms with Crippen LogP contribution in [0, 0.1) is 10.1 Å². The van der Waals surface area contributed by atoms with Crippen LogP contribution in [0.1, 0.15) is 55.6 Å². The first-order valence-electron chi connectivity index (χ1n) is 11.5. The number of nitro groups is 1. The molecule has 1 atom stereocenters. The number of nitrogens with one attached hydrogen (secondary N) is 2. The number of hydrogen-bond acceptors (Lipinski definition) is 6. The second kappa shape index (κ2) is 11.7. The summed E-state index contributed by atoms with van der Waals surface area (Å²) in [6, 6.07) is 9.29. The van der Waals surface area contributed by atoms with E-state index in [0.717, 1.165) is 18.9 Å². The normalized spacial score (nSPS) is 15.4. The van der Waals surface area contributed by atoms with E-state index in [9.17, 15) is 24.5 Å². The molecule has 0 spiro atoms. The summed E-state index contributed by atoms with van der Waals surface area (Å²) >= 11 is 5.83. The first-order valence-corrected chi connectivity index (χ1v) is 11.9. The van der Waals surface area contributed by atoms with Crippen LogP contribution in [-0.2, 0) is 9.53 Å². The number of ether oxygens (including phenoxy) is 1. The molecule has 0 saturated carbocycles. The number of anilines is 1. The van der Waals surface area contributed by atoms with Crippen molar-refractivity contribution in [3.63, 3.8) is 0 Å². The van der Waals surface area contributed by atoms with Crippen molar-refractivity contribution in [2.45, 2.75) is 39.7 Å². The van der Waals surface area contributed by atoms with E-state index >= 15 is 0 Å².